The number of amides is 1. The SMILES string of the molecule is CCOc1ccc2nc(NC(=O)CSC(=S)N(C)C)sc2c1. The lowest BCUT2D eigenvalue weighted by Crippen LogP contribution is -2.20. The van der Waals surface area contributed by atoms with Crippen LogP contribution in [0.4, 0.5) is 5.13 Å². The number of nitrogens with one attached hydrogen (secondary N) is 1. The van der Waals surface area contributed by atoms with Crippen molar-refractivity contribution >= 4 is 60.9 Å². The van der Waals surface area contributed by atoms with Gasteiger partial charge in [-0.1, -0.05) is 35.3 Å². The Kier molecular flexibility index (Phi) is 5.98. The molecule has 1 heterocycles. The summed E-state index contributed by atoms with van der Waals surface area (Å²) >= 11 is 7.90. The third-order valence-electron chi connectivity index (χ3n) is 2.61. The van der Waals surface area contributed by atoms with E-state index in [4.69, 9.17) is 17.0 Å². The first-order valence-corrected chi connectivity index (χ1v) is 8.88. The van der Waals surface area contributed by atoms with Gasteiger partial charge in [0.1, 0.15) is 10.1 Å². The number of thiazole rings is 1. The molecule has 2 aromatic rings. The molecule has 1 aromatic heterocycles. The van der Waals surface area contributed by atoms with Crippen LogP contribution in [0.25, 0.3) is 10.2 Å². The predicted molar refractivity (Wildman–Crippen MR) is 98.2 cm³/mol. The van der Waals surface area contributed by atoms with Crippen molar-refractivity contribution in [2.75, 3.05) is 31.8 Å². The van der Waals surface area contributed by atoms with E-state index in [1.807, 2.05) is 39.2 Å². The van der Waals surface area contributed by atoms with E-state index in [1.165, 1.54) is 23.1 Å². The van der Waals surface area contributed by atoms with Crippen LogP contribution >= 0.6 is 35.3 Å². The van der Waals surface area contributed by atoms with Gasteiger partial charge in [0.25, 0.3) is 0 Å². The van der Waals surface area contributed by atoms with E-state index in [2.05, 4.69) is 10.3 Å². The zero-order valence-electron chi connectivity index (χ0n) is 12.6. The molecule has 8 heteroatoms. The fourth-order valence-corrected chi connectivity index (χ4v) is 3.30. The van der Waals surface area contributed by atoms with E-state index < -0.39 is 0 Å². The minimum Gasteiger partial charge on any atom is -0.494 e. The van der Waals surface area contributed by atoms with E-state index in [9.17, 15) is 4.79 Å². The van der Waals surface area contributed by atoms with E-state index in [-0.39, 0.29) is 11.7 Å². The van der Waals surface area contributed by atoms with E-state index >= 15 is 0 Å². The molecule has 0 fully saturated rings. The predicted octanol–water partition coefficient (Wildman–Crippen LogP) is 3.21. The summed E-state index contributed by atoms with van der Waals surface area (Å²) in [4.78, 5) is 18.1. The second kappa shape index (κ2) is 7.75. The van der Waals surface area contributed by atoms with Crippen LogP contribution in [0.5, 0.6) is 5.75 Å². The van der Waals surface area contributed by atoms with Crippen LogP contribution < -0.4 is 10.1 Å². The number of benzene rings is 1. The van der Waals surface area contributed by atoms with Crippen LogP contribution in [0, 0.1) is 0 Å². The van der Waals surface area contributed by atoms with Crippen molar-refractivity contribution in [1.82, 2.24) is 9.88 Å². The van der Waals surface area contributed by atoms with Crippen LogP contribution in [0.1, 0.15) is 6.92 Å². The molecule has 5 nitrogen and oxygen atoms in total. The average Bonchev–Trinajstić information content (AvgIpc) is 2.86. The number of ether oxygens (including phenoxy) is 1. The number of hydrogen-bond acceptors (Lipinski definition) is 6. The number of carbonyl (C=O) groups is 1. The number of thiocarbonyl (C=S) groups is 1. The lowest BCUT2D eigenvalue weighted by Gasteiger charge is -2.11. The molecule has 0 spiro atoms. The molecule has 118 valence electrons. The maximum absolute atomic E-state index is 11.9. The van der Waals surface area contributed by atoms with Crippen molar-refractivity contribution in [3.63, 3.8) is 0 Å². The normalized spacial score (nSPS) is 10.5. The van der Waals surface area contributed by atoms with Gasteiger partial charge in [-0.15, -0.1) is 0 Å². The van der Waals surface area contributed by atoms with Gasteiger partial charge in [-0.2, -0.15) is 0 Å². The summed E-state index contributed by atoms with van der Waals surface area (Å²) in [5, 5.41) is 3.39. The van der Waals surface area contributed by atoms with Gasteiger partial charge >= 0.3 is 0 Å². The summed E-state index contributed by atoms with van der Waals surface area (Å²) in [6.45, 7) is 2.56. The Morgan fingerprint density at radius 3 is 2.95 bits per heavy atom. The minimum atomic E-state index is -0.113. The fraction of sp³-hybridized carbons (Fsp3) is 0.357. The number of nitrogens with zero attached hydrogens (tertiary/aromatic N) is 2. The maximum atomic E-state index is 11.9. The Morgan fingerprint density at radius 2 is 2.27 bits per heavy atom. The molecule has 1 N–H and O–H groups in total. The summed E-state index contributed by atoms with van der Waals surface area (Å²) < 4.78 is 7.13. The number of anilines is 1. The molecular formula is C14H17N3O2S3. The second-order valence-corrected chi connectivity index (χ2v) is 7.22. The summed E-state index contributed by atoms with van der Waals surface area (Å²) in [5.74, 6) is 0.971. The van der Waals surface area contributed by atoms with Gasteiger partial charge in [-0.3, -0.25) is 4.79 Å². The first kappa shape index (κ1) is 17.0. The van der Waals surface area contributed by atoms with Crippen molar-refractivity contribution in [2.24, 2.45) is 0 Å². The molecule has 1 amide bonds. The topological polar surface area (TPSA) is 54.5 Å². The van der Waals surface area contributed by atoms with Crippen LogP contribution in [0.2, 0.25) is 0 Å². The van der Waals surface area contributed by atoms with Gasteiger partial charge in [0.2, 0.25) is 5.91 Å². The molecule has 22 heavy (non-hydrogen) atoms. The van der Waals surface area contributed by atoms with Crippen LogP contribution in [-0.2, 0) is 4.79 Å². The van der Waals surface area contributed by atoms with Crippen molar-refractivity contribution < 1.29 is 9.53 Å². The molecule has 0 saturated carbocycles. The Balaban J connectivity index is 1.99. The minimum absolute atomic E-state index is 0.113. The zero-order chi connectivity index (χ0) is 16.1. The Labute approximate surface area is 143 Å². The second-order valence-electron chi connectivity index (χ2n) is 4.58. The molecule has 0 bridgehead atoms. The van der Waals surface area contributed by atoms with Gasteiger partial charge in [-0.05, 0) is 25.1 Å². The number of carbonyl (C=O) groups excluding carboxylic acids is 1. The van der Waals surface area contributed by atoms with Crippen molar-refractivity contribution in [2.45, 2.75) is 6.92 Å². The third-order valence-corrected chi connectivity index (χ3v) is 5.28. The van der Waals surface area contributed by atoms with E-state index in [0.29, 0.717) is 16.1 Å². The monoisotopic (exact) mass is 355 g/mol. The molecule has 0 saturated heterocycles. The lowest BCUT2D eigenvalue weighted by molar-refractivity contribution is -0.113. The average molecular weight is 356 g/mol. The fourth-order valence-electron chi connectivity index (χ4n) is 1.63. The number of fused-ring (bicyclic) bond motifs is 1. The lowest BCUT2D eigenvalue weighted by atomic mass is 10.3. The number of thioether (sulfide) groups is 1. The molecule has 1 aromatic carbocycles. The van der Waals surface area contributed by atoms with Gasteiger partial charge < -0.3 is 15.0 Å². The van der Waals surface area contributed by atoms with Crippen molar-refractivity contribution in [3.8, 4) is 5.75 Å². The quantitative estimate of drug-likeness (QED) is 0.831. The molecular weight excluding hydrogens is 338 g/mol. The van der Waals surface area contributed by atoms with Crippen molar-refractivity contribution in [3.05, 3.63) is 18.2 Å². The molecule has 0 aliphatic carbocycles. The Hall–Kier alpha value is -1.38. The van der Waals surface area contributed by atoms with Gasteiger partial charge in [0.05, 0.1) is 22.6 Å². The molecule has 2 rings (SSSR count). The van der Waals surface area contributed by atoms with Gasteiger partial charge in [0.15, 0.2) is 5.13 Å². The summed E-state index contributed by atoms with van der Waals surface area (Å²) in [5.41, 5.74) is 0.847. The first-order valence-electron chi connectivity index (χ1n) is 6.67. The highest BCUT2D eigenvalue weighted by Crippen LogP contribution is 2.29. The summed E-state index contributed by atoms with van der Waals surface area (Å²) in [6, 6.07) is 5.70. The zero-order valence-corrected chi connectivity index (χ0v) is 15.0. The number of aromatic nitrogens is 1. The highest BCUT2D eigenvalue weighted by Gasteiger charge is 2.10. The highest BCUT2D eigenvalue weighted by molar-refractivity contribution is 8.23. The molecule has 0 aliphatic rings. The largest absolute Gasteiger partial charge is 0.494 e. The third kappa shape index (κ3) is 4.56. The molecule has 0 radical (unpaired) electrons. The molecule has 0 unspecified atom stereocenters. The highest BCUT2D eigenvalue weighted by atomic mass is 32.2. The standard InChI is InChI=1S/C14H17N3O2S3/c1-4-19-9-5-6-10-11(7-9)22-13(15-10)16-12(18)8-21-14(20)17(2)3/h5-7H,4,8H2,1-3H3,(H,15,16,18). The number of hydrogen-bond donors (Lipinski definition) is 1. The molecule has 0 aliphatic heterocycles. The van der Waals surface area contributed by atoms with Crippen LogP contribution in [0.15, 0.2) is 18.2 Å². The maximum Gasteiger partial charge on any atom is 0.236 e. The summed E-state index contributed by atoms with van der Waals surface area (Å²) in [7, 11) is 3.72. The summed E-state index contributed by atoms with van der Waals surface area (Å²) in [6.07, 6.45) is 0. The van der Waals surface area contributed by atoms with Crippen LogP contribution in [0.3, 0.4) is 0 Å². The van der Waals surface area contributed by atoms with Gasteiger partial charge in [0, 0.05) is 14.1 Å². The van der Waals surface area contributed by atoms with E-state index in [1.54, 1.807) is 4.90 Å². The molecule has 0 atom stereocenters. The Bertz CT molecular complexity index is 685. The Morgan fingerprint density at radius 1 is 1.50 bits per heavy atom. The van der Waals surface area contributed by atoms with Crippen molar-refractivity contribution in [1.29, 1.82) is 0 Å². The smallest absolute Gasteiger partial charge is 0.236 e. The van der Waals surface area contributed by atoms with Gasteiger partial charge in [-0.25, -0.2) is 4.98 Å². The van der Waals surface area contributed by atoms with E-state index in [0.717, 1.165) is 16.0 Å². The first-order chi connectivity index (χ1) is 10.5. The van der Waals surface area contributed by atoms with Crippen LogP contribution in [-0.4, -0.2) is 46.6 Å². The number of rotatable bonds is 5.